The second kappa shape index (κ2) is 7.03. The number of rotatable bonds is 4. The van der Waals surface area contributed by atoms with Gasteiger partial charge in [-0.2, -0.15) is 0 Å². The Kier molecular flexibility index (Phi) is 6.69. The van der Waals surface area contributed by atoms with Crippen LogP contribution in [-0.4, -0.2) is 18.8 Å². The number of ether oxygens (including phenoxy) is 1. The second-order valence-electron chi connectivity index (χ2n) is 6.85. The van der Waals surface area contributed by atoms with Gasteiger partial charge in [-0.25, -0.2) is 4.79 Å². The molecule has 19 heavy (non-hydrogen) atoms. The first-order chi connectivity index (χ1) is 8.47. The van der Waals surface area contributed by atoms with Crippen LogP contribution in [-0.2, 0) is 13.7 Å². The molecule has 0 radical (unpaired) electrons. The van der Waals surface area contributed by atoms with Crippen molar-refractivity contribution in [2.75, 3.05) is 6.73 Å². The van der Waals surface area contributed by atoms with Gasteiger partial charge >= 0.3 is 12.1 Å². The Morgan fingerprint density at radius 2 is 1.68 bits per heavy atom. The van der Waals surface area contributed by atoms with Crippen molar-refractivity contribution in [1.82, 2.24) is 5.32 Å². The summed E-state index contributed by atoms with van der Waals surface area (Å²) in [6, 6.07) is 0. The maximum absolute atomic E-state index is 12.1. The fourth-order valence-electron chi connectivity index (χ4n) is 1.65. The number of carbonyl (C=O) groups is 2. The Morgan fingerprint density at radius 1 is 1.16 bits per heavy atom. The molecule has 0 saturated carbocycles. The zero-order valence-electron chi connectivity index (χ0n) is 12.6. The molecule has 0 fully saturated rings. The maximum Gasteiger partial charge on any atom is 0.421 e. The molecule has 0 heterocycles. The summed E-state index contributed by atoms with van der Waals surface area (Å²) in [6.45, 7) is 12.0. The van der Waals surface area contributed by atoms with E-state index in [0.717, 1.165) is 0 Å². The van der Waals surface area contributed by atoms with Gasteiger partial charge in [-0.1, -0.05) is 41.5 Å². The van der Waals surface area contributed by atoms with Gasteiger partial charge in [-0.3, -0.25) is 10.1 Å². The third-order valence-electron chi connectivity index (χ3n) is 2.66. The van der Waals surface area contributed by atoms with Gasteiger partial charge in [0.25, 0.3) is 0 Å². The zero-order valence-corrected chi connectivity index (χ0v) is 13.5. The van der Waals surface area contributed by atoms with E-state index in [1.807, 2.05) is 20.8 Å². The van der Waals surface area contributed by atoms with Crippen LogP contribution in [0.2, 0.25) is 0 Å². The summed E-state index contributed by atoms with van der Waals surface area (Å²) in [5, 5.41) is 2.25. The lowest BCUT2D eigenvalue weighted by atomic mass is 9.72. The lowest BCUT2D eigenvalue weighted by molar-refractivity contribution is -0.154. The van der Waals surface area contributed by atoms with Gasteiger partial charge in [0.15, 0.2) is 6.73 Å². The molecule has 1 unspecified atom stereocenters. The van der Waals surface area contributed by atoms with Crippen molar-refractivity contribution in [3.8, 4) is 0 Å². The van der Waals surface area contributed by atoms with E-state index in [2.05, 4.69) is 43.2 Å². The molecule has 0 aromatic rings. The maximum atomic E-state index is 12.1. The van der Waals surface area contributed by atoms with Crippen LogP contribution in [0.25, 0.3) is 0 Å². The summed E-state index contributed by atoms with van der Waals surface area (Å²) in [5.41, 5.74) is -0.178. The number of hydrogen-bond donors (Lipinski definition) is 2. The predicted molar refractivity (Wildman–Crippen MR) is 76.6 cm³/mol. The van der Waals surface area contributed by atoms with Crippen molar-refractivity contribution in [2.45, 2.75) is 48.0 Å². The topological polar surface area (TPSA) is 64.6 Å². The highest BCUT2D eigenvalue weighted by molar-refractivity contribution is 7.75. The van der Waals surface area contributed by atoms with Gasteiger partial charge in [0.05, 0.1) is 5.92 Å². The first-order valence-corrected chi connectivity index (χ1v) is 6.60. The summed E-state index contributed by atoms with van der Waals surface area (Å²) < 4.78 is 9.16. The molecule has 112 valence electrons. The third kappa shape index (κ3) is 7.97. The number of carbonyl (C=O) groups excluding carboxylic acids is 2. The van der Waals surface area contributed by atoms with Crippen molar-refractivity contribution in [1.29, 1.82) is 0 Å². The second-order valence-corrected chi connectivity index (χ2v) is 7.03. The molecule has 1 N–H and O–H groups in total. The monoisotopic (exact) mass is 291 g/mol. The summed E-state index contributed by atoms with van der Waals surface area (Å²) in [6.07, 6.45) is -0.0361. The van der Waals surface area contributed by atoms with Gasteiger partial charge in [0.1, 0.15) is 0 Å². The first kappa shape index (κ1) is 18.1. The normalized spacial score (nSPS) is 13.6. The summed E-state index contributed by atoms with van der Waals surface area (Å²) in [4.78, 5) is 22.9. The summed E-state index contributed by atoms with van der Waals surface area (Å²) in [7, 11) is 0. The van der Waals surface area contributed by atoms with E-state index in [4.69, 9.17) is 4.74 Å². The Balaban J connectivity index is 4.53. The lowest BCUT2D eigenvalue weighted by Crippen LogP contribution is -2.36. The van der Waals surface area contributed by atoms with E-state index in [1.165, 1.54) is 0 Å². The van der Waals surface area contributed by atoms with Crippen molar-refractivity contribution in [3.63, 3.8) is 0 Å². The number of nitrogens with one attached hydrogen (secondary N) is 1. The van der Waals surface area contributed by atoms with Crippen LogP contribution < -0.4 is 5.32 Å². The molecule has 0 rings (SSSR count). The molecule has 0 aliphatic carbocycles. The number of esters is 1. The highest BCUT2D eigenvalue weighted by Crippen LogP contribution is 2.36. The van der Waals surface area contributed by atoms with Gasteiger partial charge < -0.3 is 8.92 Å². The number of hydrogen-bond acceptors (Lipinski definition) is 5. The molecular weight excluding hydrogens is 266 g/mol. The molecular formula is C13H25NO4S. The molecule has 0 saturated heterocycles. The number of amides is 1. The minimum absolute atomic E-state index is 0.0222. The fourth-order valence-corrected chi connectivity index (χ4v) is 1.72. The van der Waals surface area contributed by atoms with Crippen LogP contribution in [0.5, 0.6) is 0 Å². The molecule has 0 spiro atoms. The van der Waals surface area contributed by atoms with Gasteiger partial charge in [-0.05, 0) is 17.3 Å². The highest BCUT2D eigenvalue weighted by Gasteiger charge is 2.35. The molecule has 0 bridgehead atoms. The SMILES string of the molecule is CC(C)(C)CC(C(=O)OCNC(=O)OS)C(C)(C)C. The molecule has 0 aliphatic rings. The van der Waals surface area contributed by atoms with Crippen LogP contribution in [0.1, 0.15) is 48.0 Å². The smallest absolute Gasteiger partial charge is 0.421 e. The van der Waals surface area contributed by atoms with E-state index in [9.17, 15) is 9.59 Å². The lowest BCUT2D eigenvalue weighted by Gasteiger charge is -2.33. The fraction of sp³-hybridized carbons (Fsp3) is 0.846. The van der Waals surface area contributed by atoms with E-state index < -0.39 is 6.09 Å². The zero-order chi connectivity index (χ0) is 15.3. The van der Waals surface area contributed by atoms with Crippen LogP contribution in [0.3, 0.4) is 0 Å². The van der Waals surface area contributed by atoms with Crippen LogP contribution in [0, 0.1) is 16.7 Å². The van der Waals surface area contributed by atoms with Crippen LogP contribution in [0.4, 0.5) is 4.79 Å². The van der Waals surface area contributed by atoms with E-state index >= 15 is 0 Å². The van der Waals surface area contributed by atoms with Gasteiger partial charge in [-0.15, -0.1) is 0 Å². The minimum Gasteiger partial charge on any atom is -0.444 e. The Labute approximate surface area is 121 Å². The average Bonchev–Trinajstić information content (AvgIpc) is 2.22. The number of thiol groups is 1. The van der Waals surface area contributed by atoms with E-state index in [-0.39, 0.29) is 29.4 Å². The molecule has 0 aliphatic heterocycles. The van der Waals surface area contributed by atoms with Gasteiger partial charge in [0, 0.05) is 12.9 Å². The molecule has 5 nitrogen and oxygen atoms in total. The van der Waals surface area contributed by atoms with Crippen molar-refractivity contribution in [2.24, 2.45) is 16.7 Å². The molecule has 6 heteroatoms. The summed E-state index contributed by atoms with van der Waals surface area (Å²) >= 11 is 3.33. The van der Waals surface area contributed by atoms with Crippen molar-refractivity contribution in [3.05, 3.63) is 0 Å². The quantitative estimate of drug-likeness (QED) is 0.361. The molecule has 1 atom stereocenters. The highest BCUT2D eigenvalue weighted by atomic mass is 32.1. The van der Waals surface area contributed by atoms with Crippen molar-refractivity contribution < 1.29 is 18.5 Å². The predicted octanol–water partition coefficient (Wildman–Crippen LogP) is 3.16. The van der Waals surface area contributed by atoms with Crippen LogP contribution >= 0.6 is 12.9 Å². The van der Waals surface area contributed by atoms with E-state index in [0.29, 0.717) is 6.42 Å². The van der Waals surface area contributed by atoms with E-state index in [1.54, 1.807) is 0 Å². The van der Waals surface area contributed by atoms with Crippen molar-refractivity contribution >= 4 is 25.0 Å². The molecule has 1 amide bonds. The minimum atomic E-state index is -0.751. The van der Waals surface area contributed by atoms with Gasteiger partial charge in [0.2, 0.25) is 0 Å². The Bertz CT molecular complexity index is 318. The standard InChI is InChI=1S/C13H25NO4S/c1-12(2,3)7-9(13(4,5)6)10(15)17-8-14-11(16)18-19/h9,19H,7-8H2,1-6H3,(H,14,16). The first-order valence-electron chi connectivity index (χ1n) is 6.23. The molecule has 0 aromatic heterocycles. The average molecular weight is 291 g/mol. The Morgan fingerprint density at radius 3 is 2.05 bits per heavy atom. The Hall–Kier alpha value is -0.910. The third-order valence-corrected chi connectivity index (χ3v) is 2.83. The van der Waals surface area contributed by atoms with Crippen LogP contribution in [0.15, 0.2) is 0 Å². The largest absolute Gasteiger partial charge is 0.444 e. The summed E-state index contributed by atoms with van der Waals surface area (Å²) in [5.74, 6) is -0.553. The molecule has 0 aromatic carbocycles.